The molecular weight excluding hydrogens is 345 g/mol. The molecule has 0 aliphatic carbocycles. The number of halogens is 3. The van der Waals surface area contributed by atoms with Gasteiger partial charge in [-0.15, -0.1) is 5.10 Å². The second kappa shape index (κ2) is 6.43. The number of pyridine rings is 2. The van der Waals surface area contributed by atoms with Crippen molar-refractivity contribution in [2.75, 3.05) is 5.32 Å². The number of fused-ring (bicyclic) bond motifs is 1. The lowest BCUT2D eigenvalue weighted by atomic mass is 10.3. The molecule has 26 heavy (non-hydrogen) atoms. The molecule has 4 aromatic heterocycles. The van der Waals surface area contributed by atoms with Crippen molar-refractivity contribution in [3.63, 3.8) is 0 Å². The highest BCUT2D eigenvalue weighted by Gasteiger charge is 2.15. The van der Waals surface area contributed by atoms with Crippen LogP contribution in [0.5, 0.6) is 0 Å². The summed E-state index contributed by atoms with van der Waals surface area (Å²) in [7, 11) is 0. The first-order valence-corrected chi connectivity index (χ1v) is 7.59. The molecule has 4 aromatic rings. The highest BCUT2D eigenvalue weighted by molar-refractivity contribution is 5.74. The molecule has 0 amide bonds. The normalized spacial score (nSPS) is 11.2. The Balaban J connectivity index is 1.83. The summed E-state index contributed by atoms with van der Waals surface area (Å²) in [6.07, 6.45) is 1.49. The third-order valence-corrected chi connectivity index (χ3v) is 3.64. The molecule has 6 nitrogen and oxygen atoms in total. The van der Waals surface area contributed by atoms with Crippen LogP contribution < -0.4 is 5.32 Å². The summed E-state index contributed by atoms with van der Waals surface area (Å²) in [4.78, 5) is 11.9. The average molecular weight is 356 g/mol. The second-order valence-electron chi connectivity index (χ2n) is 5.35. The number of hydrogen-bond donors (Lipinski definition) is 1. The Kier molecular flexibility index (Phi) is 3.96. The van der Waals surface area contributed by atoms with E-state index in [0.29, 0.717) is 11.3 Å². The SMILES string of the molecule is Fc1cnccc1Nc1nc(-c2cccc(C(F)F)n2)nn2cccc12. The van der Waals surface area contributed by atoms with Gasteiger partial charge in [-0.05, 0) is 30.3 Å². The Labute approximate surface area is 145 Å². The molecule has 1 N–H and O–H groups in total. The first-order valence-electron chi connectivity index (χ1n) is 7.59. The number of anilines is 2. The van der Waals surface area contributed by atoms with Gasteiger partial charge in [-0.1, -0.05) is 6.07 Å². The number of rotatable bonds is 4. The van der Waals surface area contributed by atoms with E-state index in [4.69, 9.17) is 0 Å². The van der Waals surface area contributed by atoms with Crippen LogP contribution in [0, 0.1) is 5.82 Å². The molecule has 9 heteroatoms. The molecule has 0 spiro atoms. The van der Waals surface area contributed by atoms with E-state index >= 15 is 0 Å². The number of alkyl halides is 2. The lowest BCUT2D eigenvalue weighted by Crippen LogP contribution is -2.05. The minimum absolute atomic E-state index is 0.133. The highest BCUT2D eigenvalue weighted by Crippen LogP contribution is 2.25. The Bertz CT molecular complexity index is 1080. The maximum Gasteiger partial charge on any atom is 0.280 e. The molecule has 0 saturated heterocycles. The predicted molar refractivity (Wildman–Crippen MR) is 88.7 cm³/mol. The van der Waals surface area contributed by atoms with Crippen molar-refractivity contribution in [2.24, 2.45) is 0 Å². The van der Waals surface area contributed by atoms with E-state index in [2.05, 4.69) is 25.4 Å². The van der Waals surface area contributed by atoms with Crippen LogP contribution in [0.25, 0.3) is 17.0 Å². The second-order valence-corrected chi connectivity index (χ2v) is 5.35. The summed E-state index contributed by atoms with van der Waals surface area (Å²) in [5.41, 5.74) is 0.599. The Hall–Kier alpha value is -3.49. The first kappa shape index (κ1) is 16.0. The van der Waals surface area contributed by atoms with E-state index in [1.165, 1.54) is 35.0 Å². The lowest BCUT2D eigenvalue weighted by molar-refractivity contribution is 0.146. The van der Waals surface area contributed by atoms with Crippen molar-refractivity contribution in [2.45, 2.75) is 6.43 Å². The van der Waals surface area contributed by atoms with Crippen LogP contribution in [-0.4, -0.2) is 24.6 Å². The molecule has 4 rings (SSSR count). The van der Waals surface area contributed by atoms with Crippen molar-refractivity contribution in [3.8, 4) is 11.5 Å². The van der Waals surface area contributed by atoms with Crippen molar-refractivity contribution in [3.05, 3.63) is 66.5 Å². The maximum atomic E-state index is 13.9. The molecule has 0 unspecified atom stereocenters. The van der Waals surface area contributed by atoms with Crippen molar-refractivity contribution < 1.29 is 13.2 Å². The van der Waals surface area contributed by atoms with Crippen LogP contribution in [0.1, 0.15) is 12.1 Å². The molecule has 0 bridgehead atoms. The average Bonchev–Trinajstić information content (AvgIpc) is 3.12. The smallest absolute Gasteiger partial charge is 0.280 e. The molecule has 0 fully saturated rings. The number of nitrogens with zero attached hydrogens (tertiary/aromatic N) is 5. The number of nitrogens with one attached hydrogen (secondary N) is 1. The Morgan fingerprint density at radius 2 is 1.92 bits per heavy atom. The molecule has 4 heterocycles. The molecule has 130 valence electrons. The largest absolute Gasteiger partial charge is 0.336 e. The molecule has 0 saturated carbocycles. The predicted octanol–water partition coefficient (Wildman–Crippen LogP) is 4.01. The van der Waals surface area contributed by atoms with Gasteiger partial charge in [0.15, 0.2) is 11.6 Å². The lowest BCUT2D eigenvalue weighted by Gasteiger charge is -2.10. The summed E-state index contributed by atoms with van der Waals surface area (Å²) < 4.78 is 41.2. The van der Waals surface area contributed by atoms with E-state index in [0.717, 1.165) is 6.20 Å². The van der Waals surface area contributed by atoms with Crippen LogP contribution in [0.4, 0.5) is 24.7 Å². The summed E-state index contributed by atoms with van der Waals surface area (Å²) >= 11 is 0. The van der Waals surface area contributed by atoms with Gasteiger partial charge in [-0.2, -0.15) is 0 Å². The van der Waals surface area contributed by atoms with Gasteiger partial charge in [-0.3, -0.25) is 4.98 Å². The minimum atomic E-state index is -2.70. The quantitative estimate of drug-likeness (QED) is 0.598. The zero-order chi connectivity index (χ0) is 18.1. The van der Waals surface area contributed by atoms with Gasteiger partial charge in [0.1, 0.15) is 16.9 Å². The third kappa shape index (κ3) is 2.94. The van der Waals surface area contributed by atoms with Gasteiger partial charge in [-0.25, -0.2) is 27.7 Å². The van der Waals surface area contributed by atoms with Crippen molar-refractivity contribution in [1.82, 2.24) is 24.6 Å². The Morgan fingerprint density at radius 3 is 2.73 bits per heavy atom. The molecule has 0 radical (unpaired) electrons. The summed E-state index contributed by atoms with van der Waals surface area (Å²) in [5.74, 6) is -0.0993. The van der Waals surface area contributed by atoms with E-state index in [1.807, 2.05) is 0 Å². The minimum Gasteiger partial charge on any atom is -0.336 e. The van der Waals surface area contributed by atoms with Gasteiger partial charge in [0.2, 0.25) is 5.82 Å². The fraction of sp³-hybridized carbons (Fsp3) is 0.0588. The van der Waals surface area contributed by atoms with Gasteiger partial charge >= 0.3 is 0 Å². The number of aromatic nitrogens is 5. The Morgan fingerprint density at radius 1 is 1.04 bits per heavy atom. The summed E-state index contributed by atoms with van der Waals surface area (Å²) in [6, 6.07) is 9.18. The van der Waals surface area contributed by atoms with E-state index in [1.54, 1.807) is 18.3 Å². The topological polar surface area (TPSA) is 68.0 Å². The van der Waals surface area contributed by atoms with E-state index < -0.39 is 12.2 Å². The third-order valence-electron chi connectivity index (χ3n) is 3.64. The van der Waals surface area contributed by atoms with Crippen LogP contribution in [0.3, 0.4) is 0 Å². The van der Waals surface area contributed by atoms with Crippen molar-refractivity contribution >= 4 is 17.0 Å². The monoisotopic (exact) mass is 356 g/mol. The molecule has 0 aliphatic rings. The highest BCUT2D eigenvalue weighted by atomic mass is 19.3. The van der Waals surface area contributed by atoms with Crippen LogP contribution in [0.2, 0.25) is 0 Å². The standard InChI is InChI=1S/C17H11F3N6/c18-10-9-21-7-6-11(10)23-17-14-5-2-8-26(14)25-16(24-17)13-4-1-3-12(22-13)15(19)20/h1-9,15H,(H,21,23,24,25). The summed E-state index contributed by atoms with van der Waals surface area (Å²) in [5, 5.41) is 7.17. The molecule has 0 atom stereocenters. The van der Waals surface area contributed by atoms with E-state index in [-0.39, 0.29) is 22.9 Å². The fourth-order valence-corrected chi connectivity index (χ4v) is 2.44. The van der Waals surface area contributed by atoms with Gasteiger partial charge < -0.3 is 5.32 Å². The van der Waals surface area contributed by atoms with Gasteiger partial charge in [0.05, 0.1) is 11.9 Å². The number of hydrogen-bond acceptors (Lipinski definition) is 5. The van der Waals surface area contributed by atoms with Crippen LogP contribution in [0.15, 0.2) is 55.0 Å². The molecule has 0 aliphatic heterocycles. The fourth-order valence-electron chi connectivity index (χ4n) is 2.44. The van der Waals surface area contributed by atoms with Crippen LogP contribution in [-0.2, 0) is 0 Å². The maximum absolute atomic E-state index is 13.9. The zero-order valence-electron chi connectivity index (χ0n) is 13.1. The van der Waals surface area contributed by atoms with Crippen molar-refractivity contribution in [1.29, 1.82) is 0 Å². The van der Waals surface area contributed by atoms with Crippen LogP contribution >= 0.6 is 0 Å². The zero-order valence-corrected chi connectivity index (χ0v) is 13.1. The molecule has 0 aromatic carbocycles. The molecular formula is C17H11F3N6. The van der Waals surface area contributed by atoms with E-state index in [9.17, 15) is 13.2 Å². The summed E-state index contributed by atoms with van der Waals surface area (Å²) in [6.45, 7) is 0. The first-order chi connectivity index (χ1) is 12.6. The van der Waals surface area contributed by atoms with Gasteiger partial charge in [0, 0.05) is 12.4 Å². The van der Waals surface area contributed by atoms with Gasteiger partial charge in [0.25, 0.3) is 6.43 Å².